The standard InChI is InChI=1S/C32H28FN7O/c33-22-6-4-20(5-7-22)24-2-1-3-27-25(24)14-29(38-27)32-26-15-28(36-18-30(26)39-40-32)21-13-23(17-35-16-21)37-31(41)12-19-8-10-34-11-9-19/h1-7,13-19,34,38H,8-12H2,(H,37,41)(H,39,40). The number of piperidine rings is 1. The van der Waals surface area contributed by atoms with Gasteiger partial charge in [0.2, 0.25) is 5.91 Å². The van der Waals surface area contributed by atoms with Crippen molar-refractivity contribution in [1.29, 1.82) is 0 Å². The van der Waals surface area contributed by atoms with Crippen LogP contribution in [0.25, 0.3) is 55.6 Å². The van der Waals surface area contributed by atoms with Crippen molar-refractivity contribution in [3.8, 4) is 33.8 Å². The van der Waals surface area contributed by atoms with Crippen molar-refractivity contribution in [2.75, 3.05) is 18.4 Å². The molecule has 0 radical (unpaired) electrons. The third-order valence-electron chi connectivity index (χ3n) is 7.77. The lowest BCUT2D eigenvalue weighted by molar-refractivity contribution is -0.117. The van der Waals surface area contributed by atoms with Crippen molar-refractivity contribution in [3.05, 3.63) is 85.1 Å². The molecule has 2 aromatic carbocycles. The van der Waals surface area contributed by atoms with E-state index in [0.717, 1.165) is 81.5 Å². The SMILES string of the molecule is O=C(CC1CCNCC1)Nc1cncc(-c2cc3c(-c4cc5c(-c6ccc(F)cc6)cccc5[nH]4)n[nH]c3cn2)c1. The summed E-state index contributed by atoms with van der Waals surface area (Å²) in [5.41, 5.74) is 7.52. The van der Waals surface area contributed by atoms with Gasteiger partial charge in [-0.25, -0.2) is 4.39 Å². The van der Waals surface area contributed by atoms with Crippen LogP contribution in [0.4, 0.5) is 10.1 Å². The van der Waals surface area contributed by atoms with Gasteiger partial charge in [0, 0.05) is 34.5 Å². The summed E-state index contributed by atoms with van der Waals surface area (Å²) >= 11 is 0. The number of aromatic nitrogens is 5. The molecule has 6 aromatic rings. The van der Waals surface area contributed by atoms with E-state index in [4.69, 9.17) is 0 Å². The number of hydrogen-bond acceptors (Lipinski definition) is 5. The molecule has 4 N–H and O–H groups in total. The molecule has 1 amide bonds. The summed E-state index contributed by atoms with van der Waals surface area (Å²) in [5, 5.41) is 16.0. The van der Waals surface area contributed by atoms with Crippen molar-refractivity contribution >= 4 is 33.4 Å². The molecule has 0 unspecified atom stereocenters. The lowest BCUT2D eigenvalue weighted by atomic mass is 9.94. The maximum atomic E-state index is 13.5. The highest BCUT2D eigenvalue weighted by Crippen LogP contribution is 2.35. The fourth-order valence-corrected chi connectivity index (χ4v) is 5.65. The molecule has 204 valence electrons. The van der Waals surface area contributed by atoms with Crippen LogP contribution in [0.5, 0.6) is 0 Å². The first kappa shape index (κ1) is 25.1. The molecule has 0 saturated carbocycles. The van der Waals surface area contributed by atoms with Crippen molar-refractivity contribution in [2.24, 2.45) is 5.92 Å². The summed E-state index contributed by atoms with van der Waals surface area (Å²) in [5.74, 6) is 0.158. The van der Waals surface area contributed by atoms with Crippen LogP contribution in [0, 0.1) is 11.7 Å². The molecule has 9 heteroatoms. The van der Waals surface area contributed by atoms with E-state index in [1.54, 1.807) is 30.7 Å². The number of pyridine rings is 2. The first-order valence-electron chi connectivity index (χ1n) is 13.8. The Labute approximate surface area is 235 Å². The first-order valence-corrected chi connectivity index (χ1v) is 13.8. The zero-order chi connectivity index (χ0) is 27.8. The number of carbonyl (C=O) groups excluding carboxylic acids is 1. The van der Waals surface area contributed by atoms with Crippen molar-refractivity contribution in [1.82, 2.24) is 30.5 Å². The van der Waals surface area contributed by atoms with Gasteiger partial charge in [0.05, 0.1) is 35.0 Å². The number of nitrogens with one attached hydrogen (secondary N) is 4. The molecule has 1 aliphatic heterocycles. The second kappa shape index (κ2) is 10.6. The van der Waals surface area contributed by atoms with Gasteiger partial charge in [0.1, 0.15) is 11.5 Å². The number of halogens is 1. The number of benzene rings is 2. The molecule has 1 saturated heterocycles. The topological polar surface area (TPSA) is 111 Å². The van der Waals surface area contributed by atoms with E-state index in [-0.39, 0.29) is 11.7 Å². The van der Waals surface area contributed by atoms with Gasteiger partial charge in [-0.15, -0.1) is 0 Å². The Morgan fingerprint density at radius 3 is 2.63 bits per heavy atom. The lowest BCUT2D eigenvalue weighted by Crippen LogP contribution is -2.30. The summed E-state index contributed by atoms with van der Waals surface area (Å²) < 4.78 is 13.5. The number of anilines is 1. The van der Waals surface area contributed by atoms with Crippen LogP contribution >= 0.6 is 0 Å². The number of aromatic amines is 2. The average Bonchev–Trinajstić information content (AvgIpc) is 3.62. The van der Waals surface area contributed by atoms with Crippen molar-refractivity contribution in [2.45, 2.75) is 19.3 Å². The maximum Gasteiger partial charge on any atom is 0.224 e. The molecule has 41 heavy (non-hydrogen) atoms. The normalized spacial score (nSPS) is 14.1. The molecule has 8 nitrogen and oxygen atoms in total. The van der Waals surface area contributed by atoms with Crippen LogP contribution in [-0.4, -0.2) is 44.1 Å². The third kappa shape index (κ3) is 5.07. The lowest BCUT2D eigenvalue weighted by Gasteiger charge is -2.21. The zero-order valence-electron chi connectivity index (χ0n) is 22.2. The molecule has 5 heterocycles. The number of nitrogens with zero attached hydrogens (tertiary/aromatic N) is 3. The van der Waals surface area contributed by atoms with Crippen LogP contribution in [0.15, 0.2) is 79.3 Å². The molecule has 7 rings (SSSR count). The largest absolute Gasteiger partial charge is 0.353 e. The van der Waals surface area contributed by atoms with Crippen LogP contribution < -0.4 is 10.6 Å². The van der Waals surface area contributed by atoms with E-state index in [1.165, 1.54) is 12.1 Å². The number of amides is 1. The molecule has 1 aliphatic rings. The Hall–Kier alpha value is -4.89. The van der Waals surface area contributed by atoms with Gasteiger partial charge >= 0.3 is 0 Å². The highest BCUT2D eigenvalue weighted by molar-refractivity contribution is 6.01. The van der Waals surface area contributed by atoms with E-state index in [1.807, 2.05) is 30.3 Å². The van der Waals surface area contributed by atoms with Gasteiger partial charge in [0.15, 0.2) is 0 Å². The fourth-order valence-electron chi connectivity index (χ4n) is 5.65. The predicted octanol–water partition coefficient (Wildman–Crippen LogP) is 6.30. The highest BCUT2D eigenvalue weighted by Gasteiger charge is 2.18. The molecule has 0 atom stereocenters. The number of rotatable bonds is 6. The van der Waals surface area contributed by atoms with Gasteiger partial charge < -0.3 is 15.6 Å². The first-order chi connectivity index (χ1) is 20.1. The summed E-state index contributed by atoms with van der Waals surface area (Å²) in [7, 11) is 0. The smallest absolute Gasteiger partial charge is 0.224 e. The Kier molecular flexibility index (Phi) is 6.48. The van der Waals surface area contributed by atoms with E-state index in [2.05, 4.69) is 41.8 Å². The summed E-state index contributed by atoms with van der Waals surface area (Å²) in [6.07, 6.45) is 7.72. The second-order valence-electron chi connectivity index (χ2n) is 10.6. The van der Waals surface area contributed by atoms with E-state index in [9.17, 15) is 9.18 Å². The number of hydrogen-bond donors (Lipinski definition) is 4. The number of fused-ring (bicyclic) bond motifs is 2. The Balaban J connectivity index is 1.19. The van der Waals surface area contributed by atoms with Gasteiger partial charge in [-0.05, 0) is 79.4 Å². The van der Waals surface area contributed by atoms with Crippen LogP contribution in [-0.2, 0) is 4.79 Å². The van der Waals surface area contributed by atoms with Crippen molar-refractivity contribution in [3.63, 3.8) is 0 Å². The highest BCUT2D eigenvalue weighted by atomic mass is 19.1. The monoisotopic (exact) mass is 545 g/mol. The van der Waals surface area contributed by atoms with Crippen LogP contribution in [0.3, 0.4) is 0 Å². The van der Waals surface area contributed by atoms with Crippen LogP contribution in [0.2, 0.25) is 0 Å². The average molecular weight is 546 g/mol. The minimum Gasteiger partial charge on any atom is -0.353 e. The third-order valence-corrected chi connectivity index (χ3v) is 7.77. The minimum atomic E-state index is -0.261. The molecular formula is C32H28FN7O. The molecule has 0 bridgehead atoms. The van der Waals surface area contributed by atoms with Crippen LogP contribution in [0.1, 0.15) is 19.3 Å². The predicted molar refractivity (Wildman–Crippen MR) is 159 cm³/mol. The number of H-pyrrole nitrogens is 2. The van der Waals surface area contributed by atoms with E-state index in [0.29, 0.717) is 18.0 Å². The molecular weight excluding hydrogens is 517 g/mol. The van der Waals surface area contributed by atoms with Gasteiger partial charge in [-0.2, -0.15) is 5.10 Å². The summed E-state index contributed by atoms with van der Waals surface area (Å²) in [6.45, 7) is 1.93. The quantitative estimate of drug-likeness (QED) is 0.196. The Morgan fingerprint density at radius 1 is 0.927 bits per heavy atom. The van der Waals surface area contributed by atoms with Gasteiger partial charge in [-0.1, -0.05) is 24.3 Å². The molecule has 4 aromatic heterocycles. The fraction of sp³-hybridized carbons (Fsp3) is 0.188. The Morgan fingerprint density at radius 2 is 1.78 bits per heavy atom. The maximum absolute atomic E-state index is 13.5. The number of carbonyl (C=O) groups is 1. The second-order valence-corrected chi connectivity index (χ2v) is 10.6. The minimum absolute atomic E-state index is 0.00944. The molecule has 1 fully saturated rings. The van der Waals surface area contributed by atoms with Gasteiger partial charge in [0.25, 0.3) is 0 Å². The van der Waals surface area contributed by atoms with E-state index >= 15 is 0 Å². The molecule has 0 aliphatic carbocycles. The Bertz CT molecular complexity index is 1870. The zero-order valence-corrected chi connectivity index (χ0v) is 22.2. The molecule has 0 spiro atoms. The summed E-state index contributed by atoms with van der Waals surface area (Å²) in [6, 6.07) is 18.5. The van der Waals surface area contributed by atoms with Gasteiger partial charge in [-0.3, -0.25) is 19.9 Å². The van der Waals surface area contributed by atoms with E-state index < -0.39 is 0 Å². The summed E-state index contributed by atoms with van der Waals surface area (Å²) in [4.78, 5) is 25.2. The van der Waals surface area contributed by atoms with Crippen molar-refractivity contribution < 1.29 is 9.18 Å².